The molecule has 2 rings (SSSR count). The van der Waals surface area contributed by atoms with Gasteiger partial charge in [0.2, 0.25) is 0 Å². The van der Waals surface area contributed by atoms with Gasteiger partial charge in [-0.3, -0.25) is 0 Å². The number of hydrogen-bond acceptors (Lipinski definition) is 4. The molecule has 0 atom stereocenters. The lowest BCUT2D eigenvalue weighted by Gasteiger charge is -2.15. The molecular weight excluding hydrogens is 274 g/mol. The van der Waals surface area contributed by atoms with E-state index in [9.17, 15) is 14.7 Å². The van der Waals surface area contributed by atoms with Gasteiger partial charge in [-0.05, 0) is 38.1 Å². The number of benzene rings is 1. The van der Waals surface area contributed by atoms with Crippen molar-refractivity contribution in [1.82, 2.24) is 10.2 Å². The Balaban J connectivity index is 1.84. The lowest BCUT2D eigenvalue weighted by molar-refractivity contribution is 0.0693. The molecule has 0 aliphatic carbocycles. The van der Waals surface area contributed by atoms with Gasteiger partial charge in [-0.2, -0.15) is 0 Å². The van der Waals surface area contributed by atoms with Crippen LogP contribution in [-0.2, 0) is 0 Å². The van der Waals surface area contributed by atoms with Crippen molar-refractivity contribution in [2.24, 2.45) is 0 Å². The first kappa shape index (κ1) is 15.1. The Bertz CT molecular complexity index is 527. The predicted molar refractivity (Wildman–Crippen MR) is 77.8 cm³/mol. The lowest BCUT2D eigenvalue weighted by atomic mass is 10.2. The van der Waals surface area contributed by atoms with E-state index in [4.69, 9.17) is 5.11 Å². The van der Waals surface area contributed by atoms with Gasteiger partial charge in [-0.25, -0.2) is 9.59 Å². The molecule has 1 aliphatic rings. The van der Waals surface area contributed by atoms with Crippen molar-refractivity contribution in [1.29, 1.82) is 0 Å². The topological polar surface area (TPSA) is 102 Å². The Morgan fingerprint density at radius 1 is 1.24 bits per heavy atom. The van der Waals surface area contributed by atoms with Crippen LogP contribution in [0.25, 0.3) is 0 Å². The normalized spacial score (nSPS) is 14.9. The highest BCUT2D eigenvalue weighted by atomic mass is 16.4. The molecular formula is C14H19N3O4. The summed E-state index contributed by atoms with van der Waals surface area (Å²) in [5, 5.41) is 23.8. The number of nitrogens with zero attached hydrogens (tertiary/aromatic N) is 1. The molecule has 0 aromatic heterocycles. The Hall–Kier alpha value is -2.28. The van der Waals surface area contributed by atoms with E-state index in [1.807, 2.05) is 0 Å². The highest BCUT2D eigenvalue weighted by molar-refractivity contribution is 5.97. The van der Waals surface area contributed by atoms with Crippen molar-refractivity contribution in [3.8, 4) is 5.75 Å². The molecule has 2 amide bonds. The highest BCUT2D eigenvalue weighted by Crippen LogP contribution is 2.27. The molecule has 1 aliphatic heterocycles. The van der Waals surface area contributed by atoms with Gasteiger partial charge >= 0.3 is 12.0 Å². The summed E-state index contributed by atoms with van der Waals surface area (Å²) < 4.78 is 0. The van der Waals surface area contributed by atoms with Gasteiger partial charge in [0.1, 0.15) is 5.56 Å². The van der Waals surface area contributed by atoms with Crippen molar-refractivity contribution >= 4 is 17.7 Å². The molecule has 7 nitrogen and oxygen atoms in total. The van der Waals surface area contributed by atoms with Gasteiger partial charge in [-0.1, -0.05) is 6.07 Å². The first-order chi connectivity index (χ1) is 10.1. The van der Waals surface area contributed by atoms with Crippen LogP contribution in [0.15, 0.2) is 18.2 Å². The second kappa shape index (κ2) is 6.94. The number of carboxylic acids is 1. The maximum absolute atomic E-state index is 11.7. The van der Waals surface area contributed by atoms with Crippen molar-refractivity contribution in [3.05, 3.63) is 23.8 Å². The third-order valence-corrected chi connectivity index (χ3v) is 3.43. The fourth-order valence-corrected chi connectivity index (χ4v) is 2.32. The first-order valence-corrected chi connectivity index (χ1v) is 6.90. The highest BCUT2D eigenvalue weighted by Gasteiger charge is 2.15. The zero-order valence-corrected chi connectivity index (χ0v) is 11.6. The second-order valence-corrected chi connectivity index (χ2v) is 4.94. The molecule has 0 bridgehead atoms. The molecule has 1 fully saturated rings. The number of aromatic hydroxyl groups is 1. The van der Waals surface area contributed by atoms with Crippen LogP contribution in [0.4, 0.5) is 10.5 Å². The average Bonchev–Trinajstić information content (AvgIpc) is 2.94. The summed E-state index contributed by atoms with van der Waals surface area (Å²) in [5.74, 6) is -1.69. The molecule has 4 N–H and O–H groups in total. The zero-order valence-electron chi connectivity index (χ0n) is 11.6. The van der Waals surface area contributed by atoms with Crippen molar-refractivity contribution in [3.63, 3.8) is 0 Å². The summed E-state index contributed by atoms with van der Waals surface area (Å²) in [6.45, 7) is 3.41. The summed E-state index contributed by atoms with van der Waals surface area (Å²) in [7, 11) is 0. The number of phenols is 1. The number of carboxylic acid groups (broad SMARTS) is 1. The number of rotatable bonds is 5. The number of anilines is 1. The van der Waals surface area contributed by atoms with Gasteiger partial charge in [-0.15, -0.1) is 0 Å². The van der Waals surface area contributed by atoms with E-state index in [1.165, 1.54) is 31.0 Å². The molecule has 0 spiro atoms. The molecule has 114 valence electrons. The molecule has 1 saturated heterocycles. The number of likely N-dealkylation sites (tertiary alicyclic amines) is 1. The van der Waals surface area contributed by atoms with Crippen LogP contribution in [0.1, 0.15) is 23.2 Å². The van der Waals surface area contributed by atoms with Crippen molar-refractivity contribution in [2.75, 3.05) is 31.5 Å². The van der Waals surface area contributed by atoms with Crippen LogP contribution in [0.2, 0.25) is 0 Å². The molecule has 21 heavy (non-hydrogen) atoms. The Kier molecular flexibility index (Phi) is 4.99. The van der Waals surface area contributed by atoms with Crippen LogP contribution >= 0.6 is 0 Å². The number of urea groups is 1. The maximum atomic E-state index is 11.7. The minimum Gasteiger partial charge on any atom is -0.505 e. The number of carbonyl (C=O) groups is 2. The minimum atomic E-state index is -1.24. The number of carbonyl (C=O) groups excluding carboxylic acids is 1. The molecule has 1 aromatic rings. The number of hydrogen-bond donors (Lipinski definition) is 4. The largest absolute Gasteiger partial charge is 0.505 e. The Morgan fingerprint density at radius 2 is 1.95 bits per heavy atom. The predicted octanol–water partition coefficient (Wildman–Crippen LogP) is 1.31. The fraction of sp³-hybridized carbons (Fsp3) is 0.429. The Morgan fingerprint density at radius 3 is 2.62 bits per heavy atom. The van der Waals surface area contributed by atoms with E-state index in [0.717, 1.165) is 19.6 Å². The van der Waals surface area contributed by atoms with E-state index >= 15 is 0 Å². The van der Waals surface area contributed by atoms with E-state index < -0.39 is 17.7 Å². The van der Waals surface area contributed by atoms with Gasteiger partial charge in [0.15, 0.2) is 5.75 Å². The summed E-state index contributed by atoms with van der Waals surface area (Å²) in [6, 6.07) is 3.71. The van der Waals surface area contributed by atoms with Crippen LogP contribution in [0, 0.1) is 0 Å². The quantitative estimate of drug-likeness (QED) is 0.613. The molecule has 1 heterocycles. The third-order valence-electron chi connectivity index (χ3n) is 3.43. The molecule has 1 aromatic carbocycles. The van der Waals surface area contributed by atoms with E-state index in [1.54, 1.807) is 0 Å². The number of para-hydroxylation sites is 1. The van der Waals surface area contributed by atoms with Gasteiger partial charge < -0.3 is 25.7 Å². The van der Waals surface area contributed by atoms with Crippen LogP contribution in [0.3, 0.4) is 0 Å². The van der Waals surface area contributed by atoms with Gasteiger partial charge in [0, 0.05) is 13.1 Å². The minimum absolute atomic E-state index is 0.0774. The lowest BCUT2D eigenvalue weighted by Crippen LogP contribution is -2.36. The van der Waals surface area contributed by atoms with Crippen LogP contribution in [-0.4, -0.2) is 53.3 Å². The van der Waals surface area contributed by atoms with Gasteiger partial charge in [0.25, 0.3) is 0 Å². The van der Waals surface area contributed by atoms with Crippen LogP contribution in [0.5, 0.6) is 5.75 Å². The van der Waals surface area contributed by atoms with Gasteiger partial charge in [0.05, 0.1) is 5.69 Å². The van der Waals surface area contributed by atoms with Crippen LogP contribution < -0.4 is 10.6 Å². The third kappa shape index (κ3) is 4.09. The second-order valence-electron chi connectivity index (χ2n) is 4.94. The number of nitrogens with one attached hydrogen (secondary N) is 2. The van der Waals surface area contributed by atoms with Crippen molar-refractivity contribution < 1.29 is 19.8 Å². The zero-order chi connectivity index (χ0) is 15.2. The summed E-state index contributed by atoms with van der Waals surface area (Å²) in [6.07, 6.45) is 2.39. The molecule has 7 heteroatoms. The smallest absolute Gasteiger partial charge is 0.339 e. The molecule has 0 saturated carbocycles. The van der Waals surface area contributed by atoms with E-state index in [-0.39, 0.29) is 11.3 Å². The monoisotopic (exact) mass is 293 g/mol. The number of amides is 2. The SMILES string of the molecule is O=C(NCCN1CCCC1)Nc1cccc(C(=O)O)c1O. The molecule has 0 radical (unpaired) electrons. The first-order valence-electron chi connectivity index (χ1n) is 6.90. The Labute approximate surface area is 122 Å². The fourth-order valence-electron chi connectivity index (χ4n) is 2.32. The summed E-state index contributed by atoms with van der Waals surface area (Å²) in [4.78, 5) is 24.9. The standard InChI is InChI=1S/C14H19N3O4/c18-12-10(13(19)20)4-3-5-11(12)16-14(21)15-6-9-17-7-1-2-8-17/h3-5,18H,1-2,6-9H2,(H,19,20)(H2,15,16,21). The summed E-state index contributed by atoms with van der Waals surface area (Å²) in [5.41, 5.74) is -0.168. The summed E-state index contributed by atoms with van der Waals surface area (Å²) >= 11 is 0. The average molecular weight is 293 g/mol. The van der Waals surface area contributed by atoms with E-state index in [0.29, 0.717) is 6.54 Å². The van der Waals surface area contributed by atoms with E-state index in [2.05, 4.69) is 15.5 Å². The van der Waals surface area contributed by atoms with Crippen molar-refractivity contribution in [2.45, 2.75) is 12.8 Å². The number of aromatic carboxylic acids is 1. The molecule has 0 unspecified atom stereocenters. The maximum Gasteiger partial charge on any atom is 0.339 e.